The molecule has 3 atom stereocenters. The Morgan fingerprint density at radius 3 is 2.62 bits per heavy atom. The Morgan fingerprint density at radius 1 is 1.26 bits per heavy atom. The van der Waals surface area contributed by atoms with E-state index in [0.29, 0.717) is 30.8 Å². The summed E-state index contributed by atoms with van der Waals surface area (Å²) >= 11 is 1.45. The molecule has 1 aliphatic heterocycles. The van der Waals surface area contributed by atoms with Crippen molar-refractivity contribution in [3.8, 4) is 0 Å². The van der Waals surface area contributed by atoms with Crippen LogP contribution in [0.1, 0.15) is 30.6 Å². The molecule has 0 radical (unpaired) electrons. The number of nitrogens with zero attached hydrogens (tertiary/aromatic N) is 2. The van der Waals surface area contributed by atoms with Gasteiger partial charge in [0.05, 0.1) is 30.2 Å². The SMILES string of the molecule is CCOC(=O)c1ccc2c(c1)SC(C1C=CC(OC)=CC1)C(OC(C)=O)C(=O)N2CCN(C)C. The van der Waals surface area contributed by atoms with Crippen LogP contribution in [0.2, 0.25) is 0 Å². The van der Waals surface area contributed by atoms with E-state index in [1.807, 2.05) is 37.2 Å². The standard InChI is InChI=1S/C25H32N2O6S/c1-6-32-25(30)18-9-12-20-21(15-18)34-23(17-7-10-19(31-5)11-8-17)22(33-16(2)28)24(29)27(20)14-13-26(3)4/h7,9-12,15,17,22-23H,6,8,13-14H2,1-5H3. The van der Waals surface area contributed by atoms with Crippen molar-refractivity contribution in [1.82, 2.24) is 4.90 Å². The highest BCUT2D eigenvalue weighted by Gasteiger charge is 2.43. The monoisotopic (exact) mass is 488 g/mol. The van der Waals surface area contributed by atoms with Gasteiger partial charge in [-0.15, -0.1) is 11.8 Å². The quantitative estimate of drug-likeness (QED) is 0.516. The highest BCUT2D eigenvalue weighted by Crippen LogP contribution is 2.44. The van der Waals surface area contributed by atoms with Crippen LogP contribution in [0.3, 0.4) is 0 Å². The zero-order valence-corrected chi connectivity index (χ0v) is 21.1. The molecule has 0 N–H and O–H groups in total. The molecule has 0 fully saturated rings. The molecule has 0 aromatic heterocycles. The summed E-state index contributed by atoms with van der Waals surface area (Å²) in [5.74, 6) is -0.526. The summed E-state index contributed by atoms with van der Waals surface area (Å²) in [5.41, 5.74) is 1.11. The van der Waals surface area contributed by atoms with Crippen molar-refractivity contribution >= 4 is 35.3 Å². The van der Waals surface area contributed by atoms with E-state index >= 15 is 0 Å². The van der Waals surface area contributed by atoms with Crippen LogP contribution in [0.5, 0.6) is 0 Å². The summed E-state index contributed by atoms with van der Waals surface area (Å²) in [5, 5.41) is -0.386. The average Bonchev–Trinajstić information content (AvgIpc) is 2.92. The number of ether oxygens (including phenoxy) is 3. The van der Waals surface area contributed by atoms with Crippen molar-refractivity contribution in [3.05, 3.63) is 47.7 Å². The molecule has 34 heavy (non-hydrogen) atoms. The third-order valence-electron chi connectivity index (χ3n) is 5.65. The molecule has 3 rings (SSSR count). The summed E-state index contributed by atoms with van der Waals surface area (Å²) in [7, 11) is 5.47. The molecule has 3 unspecified atom stereocenters. The summed E-state index contributed by atoms with van der Waals surface area (Å²) in [6.45, 7) is 4.38. The smallest absolute Gasteiger partial charge is 0.338 e. The molecule has 0 bridgehead atoms. The van der Waals surface area contributed by atoms with Gasteiger partial charge in [0, 0.05) is 24.9 Å². The molecule has 0 saturated heterocycles. The number of rotatable bonds is 8. The van der Waals surface area contributed by atoms with Crippen LogP contribution in [0.4, 0.5) is 5.69 Å². The number of methoxy groups -OCH3 is 1. The van der Waals surface area contributed by atoms with E-state index in [0.717, 1.165) is 10.7 Å². The fraction of sp³-hybridized carbons (Fsp3) is 0.480. The Hall–Kier alpha value is -2.78. The van der Waals surface area contributed by atoms with Crippen LogP contribution in [-0.2, 0) is 23.8 Å². The Labute approximate surface area is 204 Å². The first-order chi connectivity index (χ1) is 16.2. The van der Waals surface area contributed by atoms with Crippen LogP contribution in [0.25, 0.3) is 0 Å². The number of benzene rings is 1. The predicted molar refractivity (Wildman–Crippen MR) is 131 cm³/mol. The molecule has 0 saturated carbocycles. The Balaban J connectivity index is 2.07. The lowest BCUT2D eigenvalue weighted by Crippen LogP contribution is -2.48. The van der Waals surface area contributed by atoms with Crippen molar-refractivity contribution < 1.29 is 28.6 Å². The molecule has 9 heteroatoms. The fourth-order valence-corrected chi connectivity index (χ4v) is 5.40. The van der Waals surface area contributed by atoms with Crippen molar-refractivity contribution in [3.63, 3.8) is 0 Å². The van der Waals surface area contributed by atoms with Gasteiger partial charge >= 0.3 is 11.9 Å². The zero-order chi connectivity index (χ0) is 24.8. The van der Waals surface area contributed by atoms with Crippen molar-refractivity contribution in [1.29, 1.82) is 0 Å². The summed E-state index contributed by atoms with van der Waals surface area (Å²) < 4.78 is 16.1. The second-order valence-corrected chi connectivity index (χ2v) is 9.60. The molecule has 1 aliphatic carbocycles. The number of hydrogen-bond donors (Lipinski definition) is 0. The number of thioether (sulfide) groups is 1. The first-order valence-electron chi connectivity index (χ1n) is 11.3. The number of carbonyl (C=O) groups excluding carboxylic acids is 3. The summed E-state index contributed by atoms with van der Waals surface area (Å²) in [6.07, 6.45) is 5.48. The topological polar surface area (TPSA) is 85.4 Å². The summed E-state index contributed by atoms with van der Waals surface area (Å²) in [6, 6.07) is 5.21. The second-order valence-electron chi connectivity index (χ2n) is 8.38. The molecule has 0 spiro atoms. The lowest BCUT2D eigenvalue weighted by molar-refractivity contribution is -0.153. The van der Waals surface area contributed by atoms with Gasteiger partial charge in [0.2, 0.25) is 0 Å². The van der Waals surface area contributed by atoms with E-state index in [-0.39, 0.29) is 23.7 Å². The molecule has 1 amide bonds. The molecule has 1 aromatic rings. The number of fused-ring (bicyclic) bond motifs is 1. The van der Waals surface area contributed by atoms with Gasteiger partial charge in [0.25, 0.3) is 5.91 Å². The largest absolute Gasteiger partial charge is 0.497 e. The van der Waals surface area contributed by atoms with Gasteiger partial charge < -0.3 is 24.0 Å². The normalized spacial score (nSPS) is 22.1. The number of anilines is 1. The van der Waals surface area contributed by atoms with E-state index in [1.54, 1.807) is 37.1 Å². The van der Waals surface area contributed by atoms with Crippen LogP contribution in [-0.4, -0.2) is 75.0 Å². The first kappa shape index (κ1) is 25.8. The number of hydrogen-bond acceptors (Lipinski definition) is 8. The first-order valence-corrected chi connectivity index (χ1v) is 12.2. The maximum Gasteiger partial charge on any atom is 0.338 e. The molecule has 8 nitrogen and oxygen atoms in total. The Kier molecular flexibility index (Phi) is 8.79. The van der Waals surface area contributed by atoms with E-state index in [2.05, 4.69) is 0 Å². The van der Waals surface area contributed by atoms with Gasteiger partial charge in [0.1, 0.15) is 5.76 Å². The lowest BCUT2D eigenvalue weighted by Gasteiger charge is -2.31. The molecular weight excluding hydrogens is 456 g/mol. The Bertz CT molecular complexity index is 990. The minimum atomic E-state index is -0.977. The molecular formula is C25H32N2O6S. The minimum absolute atomic E-state index is 0.0786. The van der Waals surface area contributed by atoms with Gasteiger partial charge in [-0.3, -0.25) is 9.59 Å². The van der Waals surface area contributed by atoms with E-state index in [9.17, 15) is 14.4 Å². The number of amides is 1. The summed E-state index contributed by atoms with van der Waals surface area (Å²) in [4.78, 5) is 42.7. The van der Waals surface area contributed by atoms with E-state index in [4.69, 9.17) is 14.2 Å². The fourth-order valence-electron chi connectivity index (χ4n) is 3.95. The maximum atomic E-state index is 13.8. The molecule has 2 aliphatic rings. The molecule has 1 heterocycles. The molecule has 184 valence electrons. The zero-order valence-electron chi connectivity index (χ0n) is 20.3. The highest BCUT2D eigenvalue weighted by molar-refractivity contribution is 8.00. The number of esters is 2. The van der Waals surface area contributed by atoms with E-state index in [1.165, 1.54) is 18.7 Å². The third kappa shape index (κ3) is 6.01. The number of carbonyl (C=O) groups is 3. The minimum Gasteiger partial charge on any atom is -0.497 e. The van der Waals surface area contributed by atoms with Gasteiger partial charge in [0.15, 0.2) is 6.10 Å². The second kappa shape index (κ2) is 11.6. The van der Waals surface area contributed by atoms with Gasteiger partial charge in [-0.25, -0.2) is 4.79 Å². The van der Waals surface area contributed by atoms with Gasteiger partial charge in [-0.2, -0.15) is 0 Å². The highest BCUT2D eigenvalue weighted by atomic mass is 32.2. The third-order valence-corrected chi connectivity index (χ3v) is 7.10. The van der Waals surface area contributed by atoms with Crippen LogP contribution >= 0.6 is 11.8 Å². The number of likely N-dealkylation sites (N-methyl/N-ethyl adjacent to an activating group) is 1. The lowest BCUT2D eigenvalue weighted by atomic mass is 9.92. The maximum absolute atomic E-state index is 13.8. The van der Waals surface area contributed by atoms with Crippen LogP contribution in [0, 0.1) is 5.92 Å². The van der Waals surface area contributed by atoms with Crippen LogP contribution in [0.15, 0.2) is 47.1 Å². The van der Waals surface area contributed by atoms with Crippen LogP contribution < -0.4 is 4.90 Å². The van der Waals surface area contributed by atoms with Crippen molar-refractivity contribution in [2.75, 3.05) is 45.8 Å². The number of allylic oxidation sites excluding steroid dienone is 3. The van der Waals surface area contributed by atoms with Crippen molar-refractivity contribution in [2.45, 2.75) is 36.5 Å². The predicted octanol–water partition coefficient (Wildman–Crippen LogP) is 3.27. The Morgan fingerprint density at radius 2 is 2.03 bits per heavy atom. The van der Waals surface area contributed by atoms with Gasteiger partial charge in [-0.05, 0) is 63.7 Å². The van der Waals surface area contributed by atoms with Crippen molar-refractivity contribution in [2.24, 2.45) is 5.92 Å². The van der Waals surface area contributed by atoms with E-state index < -0.39 is 18.0 Å². The van der Waals surface area contributed by atoms with Gasteiger partial charge in [-0.1, -0.05) is 6.08 Å². The average molecular weight is 489 g/mol. The molecule has 1 aromatic carbocycles.